The van der Waals surface area contributed by atoms with E-state index in [0.29, 0.717) is 13.2 Å². The number of hydrogen-bond donors (Lipinski definition) is 3. The number of hydrogen-bond acceptors (Lipinski definition) is 4. The lowest BCUT2D eigenvalue weighted by molar-refractivity contribution is -0.146. The van der Waals surface area contributed by atoms with E-state index in [0.717, 1.165) is 12.8 Å². The van der Waals surface area contributed by atoms with Crippen LogP contribution >= 0.6 is 0 Å². The number of aliphatic hydroxyl groups is 1. The van der Waals surface area contributed by atoms with Crippen LogP contribution in [-0.4, -0.2) is 48.0 Å². The van der Waals surface area contributed by atoms with Gasteiger partial charge in [-0.05, 0) is 12.8 Å². The standard InChI is InChI=1S/C9H15NO5/c11-7(9(13)14)4-10-8(12)6-2-1-3-15-5-6/h6-7,11H,1-5H2,(H,10,12)(H,13,14). The highest BCUT2D eigenvalue weighted by Gasteiger charge is 2.23. The molecule has 6 heteroatoms. The van der Waals surface area contributed by atoms with Crippen LogP contribution in [0, 0.1) is 5.92 Å². The molecule has 0 aromatic rings. The smallest absolute Gasteiger partial charge is 0.334 e. The Labute approximate surface area is 87.2 Å². The van der Waals surface area contributed by atoms with Crippen LogP contribution in [-0.2, 0) is 14.3 Å². The van der Waals surface area contributed by atoms with Crippen molar-refractivity contribution in [1.29, 1.82) is 0 Å². The van der Waals surface area contributed by atoms with E-state index in [2.05, 4.69) is 5.32 Å². The molecule has 1 fully saturated rings. The number of carboxylic acid groups (broad SMARTS) is 1. The molecule has 1 aliphatic heterocycles. The summed E-state index contributed by atoms with van der Waals surface area (Å²) in [6, 6.07) is 0. The second-order valence-corrected chi connectivity index (χ2v) is 3.51. The maximum atomic E-state index is 11.4. The fraction of sp³-hybridized carbons (Fsp3) is 0.778. The van der Waals surface area contributed by atoms with Crippen molar-refractivity contribution in [3.8, 4) is 0 Å². The Bertz CT molecular complexity index is 237. The maximum Gasteiger partial charge on any atom is 0.334 e. The fourth-order valence-electron chi connectivity index (χ4n) is 1.38. The van der Waals surface area contributed by atoms with Crippen LogP contribution in [0.2, 0.25) is 0 Å². The fourth-order valence-corrected chi connectivity index (χ4v) is 1.38. The number of amides is 1. The van der Waals surface area contributed by atoms with Gasteiger partial charge in [0.25, 0.3) is 0 Å². The summed E-state index contributed by atoms with van der Waals surface area (Å²) in [4.78, 5) is 21.7. The number of nitrogens with one attached hydrogen (secondary N) is 1. The summed E-state index contributed by atoms with van der Waals surface area (Å²) in [6.07, 6.45) is 0.0349. The van der Waals surface area contributed by atoms with Gasteiger partial charge in [0.2, 0.25) is 5.91 Å². The van der Waals surface area contributed by atoms with Crippen LogP contribution in [0.3, 0.4) is 0 Å². The lowest BCUT2D eigenvalue weighted by atomic mass is 10.0. The molecule has 1 amide bonds. The molecule has 2 unspecified atom stereocenters. The van der Waals surface area contributed by atoms with Gasteiger partial charge in [0, 0.05) is 6.61 Å². The normalized spacial score (nSPS) is 23.1. The van der Waals surface area contributed by atoms with Gasteiger partial charge in [-0.25, -0.2) is 4.79 Å². The molecule has 0 saturated carbocycles. The largest absolute Gasteiger partial charge is 0.479 e. The zero-order valence-corrected chi connectivity index (χ0v) is 8.31. The van der Waals surface area contributed by atoms with Crippen molar-refractivity contribution in [2.75, 3.05) is 19.8 Å². The monoisotopic (exact) mass is 217 g/mol. The Morgan fingerprint density at radius 1 is 1.53 bits per heavy atom. The number of ether oxygens (including phenoxy) is 1. The predicted octanol–water partition coefficient (Wildman–Crippen LogP) is -1.03. The molecular weight excluding hydrogens is 202 g/mol. The summed E-state index contributed by atoms with van der Waals surface area (Å²) in [5.74, 6) is -1.81. The molecule has 0 bridgehead atoms. The first-order chi connectivity index (χ1) is 7.11. The number of aliphatic carboxylic acids is 1. The second kappa shape index (κ2) is 5.67. The Morgan fingerprint density at radius 3 is 2.80 bits per heavy atom. The third-order valence-corrected chi connectivity index (χ3v) is 2.29. The molecule has 2 atom stereocenters. The van der Waals surface area contributed by atoms with E-state index in [9.17, 15) is 9.59 Å². The summed E-state index contributed by atoms with van der Waals surface area (Å²) in [5.41, 5.74) is 0. The van der Waals surface area contributed by atoms with Crippen molar-refractivity contribution in [2.45, 2.75) is 18.9 Å². The molecule has 3 N–H and O–H groups in total. The molecule has 6 nitrogen and oxygen atoms in total. The first kappa shape index (κ1) is 11.9. The van der Waals surface area contributed by atoms with E-state index >= 15 is 0 Å². The van der Waals surface area contributed by atoms with Gasteiger partial charge in [0.05, 0.1) is 19.1 Å². The lowest BCUT2D eigenvalue weighted by Gasteiger charge is -2.21. The molecule has 1 saturated heterocycles. The molecule has 86 valence electrons. The number of carbonyl (C=O) groups is 2. The van der Waals surface area contributed by atoms with Crippen molar-refractivity contribution < 1.29 is 24.5 Å². The highest BCUT2D eigenvalue weighted by Crippen LogP contribution is 2.13. The first-order valence-corrected chi connectivity index (χ1v) is 4.87. The number of carbonyl (C=O) groups excluding carboxylic acids is 1. The highest BCUT2D eigenvalue weighted by atomic mass is 16.5. The van der Waals surface area contributed by atoms with E-state index in [1.807, 2.05) is 0 Å². The summed E-state index contributed by atoms with van der Waals surface area (Å²) < 4.78 is 5.12. The third-order valence-electron chi connectivity index (χ3n) is 2.29. The van der Waals surface area contributed by atoms with Crippen LogP contribution in [0.15, 0.2) is 0 Å². The minimum absolute atomic E-state index is 0.222. The first-order valence-electron chi connectivity index (χ1n) is 4.87. The molecule has 1 aliphatic rings. The molecular formula is C9H15NO5. The average Bonchev–Trinajstić information content (AvgIpc) is 2.26. The lowest BCUT2D eigenvalue weighted by Crippen LogP contribution is -2.41. The van der Waals surface area contributed by atoms with Crippen molar-refractivity contribution in [3.63, 3.8) is 0 Å². The molecule has 0 aromatic heterocycles. The summed E-state index contributed by atoms with van der Waals surface area (Å²) in [6.45, 7) is 0.779. The SMILES string of the molecule is O=C(O)C(O)CNC(=O)C1CCCOC1. The quantitative estimate of drug-likeness (QED) is 0.560. The number of aliphatic hydroxyl groups excluding tert-OH is 1. The van der Waals surface area contributed by atoms with Crippen LogP contribution < -0.4 is 5.32 Å². The molecule has 15 heavy (non-hydrogen) atoms. The van der Waals surface area contributed by atoms with Gasteiger partial charge < -0.3 is 20.3 Å². The molecule has 1 heterocycles. The van der Waals surface area contributed by atoms with Crippen LogP contribution in [0.1, 0.15) is 12.8 Å². The average molecular weight is 217 g/mol. The van der Waals surface area contributed by atoms with E-state index in [4.69, 9.17) is 14.9 Å². The topological polar surface area (TPSA) is 95.9 Å². The predicted molar refractivity (Wildman–Crippen MR) is 50.2 cm³/mol. The van der Waals surface area contributed by atoms with Crippen LogP contribution in [0.5, 0.6) is 0 Å². The van der Waals surface area contributed by atoms with Gasteiger partial charge in [0.1, 0.15) is 0 Å². The number of rotatable bonds is 4. The summed E-state index contributed by atoms with van der Waals surface area (Å²) >= 11 is 0. The third kappa shape index (κ3) is 3.85. The van der Waals surface area contributed by atoms with E-state index in [1.54, 1.807) is 0 Å². The van der Waals surface area contributed by atoms with Crippen molar-refractivity contribution in [3.05, 3.63) is 0 Å². The zero-order valence-electron chi connectivity index (χ0n) is 8.31. The summed E-state index contributed by atoms with van der Waals surface area (Å²) in [7, 11) is 0. The Kier molecular flexibility index (Phi) is 4.51. The van der Waals surface area contributed by atoms with Gasteiger partial charge in [-0.2, -0.15) is 0 Å². The molecule has 0 spiro atoms. The molecule has 0 aliphatic carbocycles. The Balaban J connectivity index is 2.25. The Hall–Kier alpha value is -1.14. The van der Waals surface area contributed by atoms with Gasteiger partial charge in [-0.1, -0.05) is 0 Å². The van der Waals surface area contributed by atoms with Gasteiger partial charge in [-0.15, -0.1) is 0 Å². The molecule has 0 radical (unpaired) electrons. The van der Waals surface area contributed by atoms with Gasteiger partial charge in [-0.3, -0.25) is 4.79 Å². The number of carboxylic acids is 1. The molecule has 1 rings (SSSR count). The molecule has 0 aromatic carbocycles. The van der Waals surface area contributed by atoms with Crippen molar-refractivity contribution >= 4 is 11.9 Å². The minimum atomic E-state index is -1.54. The van der Waals surface area contributed by atoms with Gasteiger partial charge in [0.15, 0.2) is 6.10 Å². The van der Waals surface area contributed by atoms with E-state index in [-0.39, 0.29) is 18.4 Å². The van der Waals surface area contributed by atoms with Crippen molar-refractivity contribution in [1.82, 2.24) is 5.32 Å². The van der Waals surface area contributed by atoms with Gasteiger partial charge >= 0.3 is 5.97 Å². The summed E-state index contributed by atoms with van der Waals surface area (Å²) in [5, 5.41) is 19.7. The second-order valence-electron chi connectivity index (χ2n) is 3.51. The minimum Gasteiger partial charge on any atom is -0.479 e. The van der Waals surface area contributed by atoms with Crippen molar-refractivity contribution in [2.24, 2.45) is 5.92 Å². The van der Waals surface area contributed by atoms with E-state index < -0.39 is 12.1 Å². The van der Waals surface area contributed by atoms with Crippen LogP contribution in [0.25, 0.3) is 0 Å². The zero-order chi connectivity index (χ0) is 11.3. The van der Waals surface area contributed by atoms with E-state index in [1.165, 1.54) is 0 Å². The van der Waals surface area contributed by atoms with Crippen LogP contribution in [0.4, 0.5) is 0 Å². The maximum absolute atomic E-state index is 11.4. The highest BCUT2D eigenvalue weighted by molar-refractivity contribution is 5.80. The Morgan fingerprint density at radius 2 is 2.27 bits per heavy atom.